The number of carbonyl (C=O) groups excluding carboxylic acids is 1. The van der Waals surface area contributed by atoms with Crippen molar-refractivity contribution in [3.63, 3.8) is 0 Å². The number of rotatable bonds is 4. The number of nitrogens with zero attached hydrogens (tertiary/aromatic N) is 4. The Balaban J connectivity index is 1.75. The number of pyridine rings is 1. The Morgan fingerprint density at radius 1 is 0.929 bits per heavy atom. The number of aromatic nitrogens is 3. The fourth-order valence-electron chi connectivity index (χ4n) is 2.76. The summed E-state index contributed by atoms with van der Waals surface area (Å²) in [4.78, 5) is 29.7. The van der Waals surface area contributed by atoms with Crippen molar-refractivity contribution in [1.29, 1.82) is 0 Å². The first-order chi connectivity index (χ1) is 13.7. The third-order valence-electron chi connectivity index (χ3n) is 4.07. The number of carbonyl (C=O) groups is 1. The molecule has 0 radical (unpaired) electrons. The first-order valence-corrected chi connectivity index (χ1v) is 8.56. The van der Waals surface area contributed by atoms with Crippen molar-refractivity contribution < 1.29 is 4.79 Å². The molecule has 0 aliphatic rings. The van der Waals surface area contributed by atoms with Crippen LogP contribution < -0.4 is 11.0 Å². The van der Waals surface area contributed by atoms with E-state index in [1.54, 1.807) is 66.9 Å². The fourth-order valence-corrected chi connectivity index (χ4v) is 2.76. The lowest BCUT2D eigenvalue weighted by Crippen LogP contribution is -2.28. The molecular formula is C21H15N5O2. The molecule has 28 heavy (non-hydrogen) atoms. The van der Waals surface area contributed by atoms with Gasteiger partial charge in [0.2, 0.25) is 0 Å². The van der Waals surface area contributed by atoms with Crippen molar-refractivity contribution in [3.05, 3.63) is 101 Å². The van der Waals surface area contributed by atoms with Gasteiger partial charge >= 0.3 is 0 Å². The third-order valence-corrected chi connectivity index (χ3v) is 4.07. The van der Waals surface area contributed by atoms with E-state index in [1.165, 1.54) is 10.9 Å². The number of nitrogens with one attached hydrogen (secondary N) is 1. The van der Waals surface area contributed by atoms with Gasteiger partial charge in [-0.3, -0.25) is 14.6 Å². The van der Waals surface area contributed by atoms with Gasteiger partial charge in [0.05, 0.1) is 23.0 Å². The Morgan fingerprint density at radius 2 is 1.64 bits per heavy atom. The molecule has 0 fully saturated rings. The second-order valence-electron chi connectivity index (χ2n) is 5.90. The van der Waals surface area contributed by atoms with E-state index in [0.29, 0.717) is 22.2 Å². The fraction of sp³-hybridized carbons (Fsp3) is 0. The highest BCUT2D eigenvalue weighted by Crippen LogP contribution is 2.15. The van der Waals surface area contributed by atoms with Gasteiger partial charge in [0.25, 0.3) is 11.5 Å². The lowest BCUT2D eigenvalue weighted by atomic mass is 10.1. The minimum Gasteiger partial charge on any atom is -0.267 e. The van der Waals surface area contributed by atoms with Crippen molar-refractivity contribution in [3.8, 4) is 5.69 Å². The molecule has 7 nitrogen and oxygen atoms in total. The van der Waals surface area contributed by atoms with Gasteiger partial charge in [0.15, 0.2) is 5.69 Å². The molecule has 2 aromatic heterocycles. The van der Waals surface area contributed by atoms with E-state index in [2.05, 4.69) is 20.6 Å². The highest BCUT2D eigenvalue weighted by atomic mass is 16.2. The van der Waals surface area contributed by atoms with E-state index in [0.717, 1.165) is 0 Å². The molecule has 0 aliphatic heterocycles. The molecule has 0 saturated heterocycles. The summed E-state index contributed by atoms with van der Waals surface area (Å²) in [5.41, 5.74) is 3.44. The normalized spacial score (nSPS) is 11.0. The molecule has 0 bridgehead atoms. The van der Waals surface area contributed by atoms with Gasteiger partial charge in [-0.25, -0.2) is 5.43 Å². The number of hydrogen-bond acceptors (Lipinski definition) is 5. The zero-order chi connectivity index (χ0) is 19.3. The maximum absolute atomic E-state index is 12.8. The SMILES string of the molecule is O=C(N/N=C\c1ccccn1)c1nn(-c2ccccc2)c(=O)c2ccccc12. The second kappa shape index (κ2) is 7.63. The van der Waals surface area contributed by atoms with Crippen molar-refractivity contribution in [2.45, 2.75) is 0 Å². The van der Waals surface area contributed by atoms with Crippen LogP contribution in [0.2, 0.25) is 0 Å². The summed E-state index contributed by atoms with van der Waals surface area (Å²) in [6.07, 6.45) is 3.07. The lowest BCUT2D eigenvalue weighted by molar-refractivity contribution is 0.0950. The van der Waals surface area contributed by atoms with E-state index < -0.39 is 5.91 Å². The highest BCUT2D eigenvalue weighted by Gasteiger charge is 2.17. The van der Waals surface area contributed by atoms with Gasteiger partial charge in [-0.05, 0) is 30.3 Å². The topological polar surface area (TPSA) is 89.2 Å². The van der Waals surface area contributed by atoms with Crippen LogP contribution in [0.1, 0.15) is 16.2 Å². The van der Waals surface area contributed by atoms with Crippen LogP contribution in [0.3, 0.4) is 0 Å². The lowest BCUT2D eigenvalue weighted by Gasteiger charge is -2.10. The zero-order valence-corrected chi connectivity index (χ0v) is 14.7. The second-order valence-corrected chi connectivity index (χ2v) is 5.90. The van der Waals surface area contributed by atoms with Crippen LogP contribution in [0.15, 0.2) is 88.9 Å². The Hall–Kier alpha value is -4.13. The summed E-state index contributed by atoms with van der Waals surface area (Å²) in [6.45, 7) is 0. The Kier molecular flexibility index (Phi) is 4.71. The van der Waals surface area contributed by atoms with E-state index >= 15 is 0 Å². The van der Waals surface area contributed by atoms with Gasteiger partial charge in [0.1, 0.15) is 0 Å². The molecule has 0 saturated carbocycles. The van der Waals surface area contributed by atoms with Crippen LogP contribution >= 0.6 is 0 Å². The predicted molar refractivity (Wildman–Crippen MR) is 107 cm³/mol. The summed E-state index contributed by atoms with van der Waals surface area (Å²) in [5.74, 6) is -0.520. The molecule has 1 N–H and O–H groups in total. The summed E-state index contributed by atoms with van der Waals surface area (Å²) < 4.78 is 1.22. The van der Waals surface area contributed by atoms with Gasteiger partial charge in [-0.2, -0.15) is 14.9 Å². The molecule has 4 aromatic rings. The van der Waals surface area contributed by atoms with E-state index in [-0.39, 0.29) is 11.3 Å². The first-order valence-electron chi connectivity index (χ1n) is 8.56. The van der Waals surface area contributed by atoms with E-state index in [4.69, 9.17) is 0 Å². The molecule has 0 unspecified atom stereocenters. The summed E-state index contributed by atoms with van der Waals surface area (Å²) in [6, 6.07) is 21.2. The molecule has 2 heterocycles. The third kappa shape index (κ3) is 3.41. The Morgan fingerprint density at radius 3 is 2.39 bits per heavy atom. The van der Waals surface area contributed by atoms with E-state index in [1.807, 2.05) is 12.1 Å². The van der Waals surface area contributed by atoms with Crippen molar-refractivity contribution in [1.82, 2.24) is 20.2 Å². The first kappa shape index (κ1) is 17.3. The van der Waals surface area contributed by atoms with Gasteiger partial charge < -0.3 is 0 Å². The zero-order valence-electron chi connectivity index (χ0n) is 14.7. The maximum atomic E-state index is 12.8. The molecule has 0 spiro atoms. The van der Waals surface area contributed by atoms with Gasteiger partial charge in [-0.1, -0.05) is 42.5 Å². The Bertz CT molecular complexity index is 1220. The molecule has 1 amide bonds. The smallest absolute Gasteiger partial charge is 0.267 e. The van der Waals surface area contributed by atoms with Crippen LogP contribution in [0.25, 0.3) is 16.5 Å². The summed E-state index contributed by atoms with van der Waals surface area (Å²) >= 11 is 0. The van der Waals surface area contributed by atoms with Crippen LogP contribution in [0, 0.1) is 0 Å². The average Bonchev–Trinajstić information content (AvgIpc) is 2.75. The minimum absolute atomic E-state index is 0.109. The quantitative estimate of drug-likeness (QED) is 0.442. The number of hydrazone groups is 1. The van der Waals surface area contributed by atoms with Gasteiger partial charge in [-0.15, -0.1) is 0 Å². The molecule has 2 aromatic carbocycles. The number of fused-ring (bicyclic) bond motifs is 1. The van der Waals surface area contributed by atoms with Crippen LogP contribution in [0.4, 0.5) is 0 Å². The van der Waals surface area contributed by atoms with Crippen molar-refractivity contribution in [2.75, 3.05) is 0 Å². The summed E-state index contributed by atoms with van der Waals surface area (Å²) in [7, 11) is 0. The van der Waals surface area contributed by atoms with Gasteiger partial charge in [0, 0.05) is 11.6 Å². The summed E-state index contributed by atoms with van der Waals surface area (Å²) in [5, 5.41) is 9.10. The molecule has 0 atom stereocenters. The minimum atomic E-state index is -0.520. The van der Waals surface area contributed by atoms with E-state index in [9.17, 15) is 9.59 Å². The molecule has 7 heteroatoms. The van der Waals surface area contributed by atoms with Crippen LogP contribution in [-0.2, 0) is 0 Å². The standard InChI is InChI=1S/C21H15N5O2/c27-20(24-23-14-15-8-6-7-13-22-15)19-17-11-4-5-12-18(17)21(28)26(25-19)16-9-2-1-3-10-16/h1-14H,(H,24,27)/b23-14-. The molecule has 136 valence electrons. The molecule has 0 aliphatic carbocycles. The maximum Gasteiger partial charge on any atom is 0.292 e. The number of benzene rings is 2. The average molecular weight is 369 g/mol. The number of para-hydroxylation sites is 1. The van der Waals surface area contributed by atoms with Crippen LogP contribution in [-0.4, -0.2) is 26.9 Å². The van der Waals surface area contributed by atoms with Crippen LogP contribution in [0.5, 0.6) is 0 Å². The monoisotopic (exact) mass is 369 g/mol. The van der Waals surface area contributed by atoms with Crippen molar-refractivity contribution in [2.24, 2.45) is 5.10 Å². The predicted octanol–water partition coefficient (Wildman–Crippen LogP) is 2.54. The number of hydrogen-bond donors (Lipinski definition) is 1. The molecule has 4 rings (SSSR count). The highest BCUT2D eigenvalue weighted by molar-refractivity contribution is 6.05. The number of amides is 1. The largest absolute Gasteiger partial charge is 0.292 e. The molecular weight excluding hydrogens is 354 g/mol. The Labute approximate surface area is 160 Å². The van der Waals surface area contributed by atoms with Crippen molar-refractivity contribution >= 4 is 22.9 Å².